The van der Waals surface area contributed by atoms with Gasteiger partial charge in [0.25, 0.3) is 0 Å². The molecule has 0 radical (unpaired) electrons. The third-order valence-corrected chi connectivity index (χ3v) is 9.13. The van der Waals surface area contributed by atoms with Crippen LogP contribution in [0, 0.1) is 11.8 Å². The Labute approximate surface area is 154 Å². The summed E-state index contributed by atoms with van der Waals surface area (Å²) in [6.07, 6.45) is 10.9. The van der Waals surface area contributed by atoms with Gasteiger partial charge in [-0.1, -0.05) is 31.0 Å². The maximum Gasteiger partial charge on any atom is 0.155 e. The highest BCUT2D eigenvalue weighted by molar-refractivity contribution is 7.92. The number of aryl methyl sites for hydroxylation is 3. The SMILES string of the molecule is CC(C)(C)S(=O)(=O)CC1CCC(CCc2ccc3c(c2)CCC3)CC1. The molecule has 1 saturated carbocycles. The number of sulfone groups is 1. The molecule has 0 saturated heterocycles. The molecule has 0 heterocycles. The number of benzene rings is 1. The summed E-state index contributed by atoms with van der Waals surface area (Å²) in [5.74, 6) is 1.54. The van der Waals surface area contributed by atoms with Gasteiger partial charge in [0, 0.05) is 0 Å². The summed E-state index contributed by atoms with van der Waals surface area (Å²) in [6.45, 7) is 5.47. The average Bonchev–Trinajstić information content (AvgIpc) is 3.00. The van der Waals surface area contributed by atoms with E-state index in [0.29, 0.717) is 11.7 Å². The summed E-state index contributed by atoms with van der Waals surface area (Å²) in [4.78, 5) is 0. The molecule has 2 nitrogen and oxygen atoms in total. The van der Waals surface area contributed by atoms with Crippen molar-refractivity contribution in [1.29, 1.82) is 0 Å². The first-order valence-corrected chi connectivity index (χ1v) is 11.7. The molecule has 3 heteroatoms. The van der Waals surface area contributed by atoms with E-state index in [1.807, 2.05) is 20.8 Å². The standard InChI is InChI=1S/C22H34O2S/c1-22(2,3)25(23,24)16-19-11-8-17(9-12-19)7-10-18-13-14-20-5-4-6-21(20)15-18/h13-15,17,19H,4-12,16H2,1-3H3. The largest absolute Gasteiger partial charge is 0.228 e. The second kappa shape index (κ2) is 7.42. The Bertz CT molecular complexity index is 689. The van der Waals surface area contributed by atoms with Gasteiger partial charge in [0.15, 0.2) is 9.84 Å². The van der Waals surface area contributed by atoms with Gasteiger partial charge < -0.3 is 0 Å². The van der Waals surface area contributed by atoms with Crippen LogP contribution in [-0.2, 0) is 29.1 Å². The first kappa shape index (κ1) is 18.9. The molecule has 0 unspecified atom stereocenters. The molecule has 140 valence electrons. The number of hydrogen-bond donors (Lipinski definition) is 0. The fraction of sp³-hybridized carbons (Fsp3) is 0.727. The smallest absolute Gasteiger partial charge is 0.155 e. The van der Waals surface area contributed by atoms with E-state index in [1.54, 1.807) is 11.1 Å². The Hall–Kier alpha value is -0.830. The number of hydrogen-bond acceptors (Lipinski definition) is 2. The van der Waals surface area contributed by atoms with Crippen LogP contribution in [0.5, 0.6) is 0 Å². The Morgan fingerprint density at radius 2 is 1.60 bits per heavy atom. The molecule has 1 aromatic rings. The van der Waals surface area contributed by atoms with Crippen LogP contribution >= 0.6 is 0 Å². The van der Waals surface area contributed by atoms with Gasteiger partial charge in [0.2, 0.25) is 0 Å². The van der Waals surface area contributed by atoms with Gasteiger partial charge in [-0.3, -0.25) is 0 Å². The van der Waals surface area contributed by atoms with Crippen molar-refractivity contribution in [3.8, 4) is 0 Å². The molecule has 2 aliphatic rings. The van der Waals surface area contributed by atoms with E-state index in [4.69, 9.17) is 0 Å². The monoisotopic (exact) mass is 362 g/mol. The van der Waals surface area contributed by atoms with Crippen molar-refractivity contribution in [2.75, 3.05) is 5.75 Å². The van der Waals surface area contributed by atoms with Gasteiger partial charge in [-0.25, -0.2) is 8.42 Å². The second-order valence-corrected chi connectivity index (χ2v) is 12.1. The molecule has 0 N–H and O–H groups in total. The van der Waals surface area contributed by atoms with Crippen LogP contribution in [-0.4, -0.2) is 18.9 Å². The fourth-order valence-corrected chi connectivity index (χ4v) is 5.85. The van der Waals surface area contributed by atoms with E-state index in [-0.39, 0.29) is 0 Å². The maximum atomic E-state index is 12.4. The zero-order valence-electron chi connectivity index (χ0n) is 16.2. The van der Waals surface area contributed by atoms with Crippen molar-refractivity contribution in [3.05, 3.63) is 34.9 Å². The molecular weight excluding hydrogens is 328 g/mol. The van der Waals surface area contributed by atoms with E-state index in [0.717, 1.165) is 18.8 Å². The van der Waals surface area contributed by atoms with Crippen molar-refractivity contribution >= 4 is 9.84 Å². The molecule has 2 aliphatic carbocycles. The minimum Gasteiger partial charge on any atom is -0.228 e. The lowest BCUT2D eigenvalue weighted by Gasteiger charge is -2.30. The molecule has 3 rings (SSSR count). The van der Waals surface area contributed by atoms with Gasteiger partial charge >= 0.3 is 0 Å². The molecular formula is C22H34O2S. The van der Waals surface area contributed by atoms with Crippen LogP contribution in [0.2, 0.25) is 0 Å². The second-order valence-electron chi connectivity index (χ2n) is 9.28. The first-order chi connectivity index (χ1) is 11.7. The molecule has 25 heavy (non-hydrogen) atoms. The highest BCUT2D eigenvalue weighted by atomic mass is 32.2. The highest BCUT2D eigenvalue weighted by Gasteiger charge is 2.33. The molecule has 0 amide bonds. The molecule has 0 spiro atoms. The Morgan fingerprint density at radius 1 is 0.960 bits per heavy atom. The van der Waals surface area contributed by atoms with Gasteiger partial charge in [0.1, 0.15) is 0 Å². The van der Waals surface area contributed by atoms with Crippen molar-refractivity contribution < 1.29 is 8.42 Å². The van der Waals surface area contributed by atoms with Gasteiger partial charge in [0.05, 0.1) is 10.5 Å². The minimum atomic E-state index is -2.98. The average molecular weight is 363 g/mol. The van der Waals surface area contributed by atoms with Gasteiger partial charge in [-0.2, -0.15) is 0 Å². The third-order valence-electron chi connectivity index (χ3n) is 6.36. The zero-order valence-corrected chi connectivity index (χ0v) is 17.0. The summed E-state index contributed by atoms with van der Waals surface area (Å²) < 4.78 is 24.2. The van der Waals surface area contributed by atoms with Crippen molar-refractivity contribution in [2.24, 2.45) is 11.8 Å². The topological polar surface area (TPSA) is 34.1 Å². The van der Waals surface area contributed by atoms with Gasteiger partial charge in [-0.15, -0.1) is 0 Å². The predicted molar refractivity (Wildman–Crippen MR) is 106 cm³/mol. The predicted octanol–water partition coefficient (Wildman–Crippen LogP) is 5.13. The van der Waals surface area contributed by atoms with Crippen LogP contribution in [0.3, 0.4) is 0 Å². The summed E-state index contributed by atoms with van der Waals surface area (Å²) in [5.41, 5.74) is 4.64. The normalized spacial score (nSPS) is 24.3. The Morgan fingerprint density at radius 3 is 2.28 bits per heavy atom. The minimum absolute atomic E-state index is 0.375. The molecule has 1 aromatic carbocycles. The van der Waals surface area contributed by atoms with E-state index >= 15 is 0 Å². The lowest BCUT2D eigenvalue weighted by molar-refractivity contribution is 0.278. The molecule has 0 aliphatic heterocycles. The van der Waals surface area contributed by atoms with Crippen LogP contribution < -0.4 is 0 Å². The summed E-state index contributed by atoms with van der Waals surface area (Å²) in [5, 5.41) is 0. The summed E-state index contributed by atoms with van der Waals surface area (Å²) in [6, 6.07) is 7.10. The van der Waals surface area contributed by atoms with Crippen LogP contribution in [0.15, 0.2) is 18.2 Å². The number of rotatable bonds is 5. The molecule has 1 fully saturated rings. The van der Waals surface area contributed by atoms with E-state index in [2.05, 4.69) is 18.2 Å². The Kier molecular flexibility index (Phi) is 5.63. The van der Waals surface area contributed by atoms with Crippen molar-refractivity contribution in [2.45, 2.75) is 83.3 Å². The van der Waals surface area contributed by atoms with Crippen LogP contribution in [0.1, 0.15) is 76.0 Å². The summed E-state index contributed by atoms with van der Waals surface area (Å²) >= 11 is 0. The lowest BCUT2D eigenvalue weighted by atomic mass is 9.80. The Balaban J connectivity index is 1.45. The zero-order chi connectivity index (χ0) is 18.1. The summed E-state index contributed by atoms with van der Waals surface area (Å²) in [7, 11) is -2.98. The molecule has 0 aromatic heterocycles. The van der Waals surface area contributed by atoms with E-state index in [9.17, 15) is 8.42 Å². The molecule has 0 atom stereocenters. The first-order valence-electron chi connectivity index (χ1n) is 10.1. The third kappa shape index (κ3) is 4.67. The van der Waals surface area contributed by atoms with Crippen LogP contribution in [0.4, 0.5) is 0 Å². The van der Waals surface area contributed by atoms with E-state index in [1.165, 1.54) is 50.5 Å². The molecule has 0 bridgehead atoms. The van der Waals surface area contributed by atoms with Crippen molar-refractivity contribution in [1.82, 2.24) is 0 Å². The van der Waals surface area contributed by atoms with Crippen LogP contribution in [0.25, 0.3) is 0 Å². The highest BCUT2D eigenvalue weighted by Crippen LogP contribution is 2.34. The van der Waals surface area contributed by atoms with Gasteiger partial charge in [-0.05, 0) is 94.2 Å². The lowest BCUT2D eigenvalue weighted by Crippen LogP contribution is -2.34. The van der Waals surface area contributed by atoms with E-state index < -0.39 is 14.6 Å². The quantitative estimate of drug-likeness (QED) is 0.728. The fourth-order valence-electron chi connectivity index (χ4n) is 4.40. The maximum absolute atomic E-state index is 12.4. The number of fused-ring (bicyclic) bond motifs is 1. The van der Waals surface area contributed by atoms with Crippen molar-refractivity contribution in [3.63, 3.8) is 0 Å².